The summed E-state index contributed by atoms with van der Waals surface area (Å²) in [5.41, 5.74) is 1.26. The van der Waals surface area contributed by atoms with Gasteiger partial charge >= 0.3 is 0 Å². The molecule has 0 radical (unpaired) electrons. The Bertz CT molecular complexity index is 1090. The molecule has 2 bridgehead atoms. The third-order valence-electron chi connectivity index (χ3n) is 6.81. The number of amides is 3. The average molecular weight is 451 g/mol. The van der Waals surface area contributed by atoms with Crippen molar-refractivity contribution < 1.29 is 19.1 Å². The van der Waals surface area contributed by atoms with E-state index in [0.717, 1.165) is 12.0 Å². The molecule has 2 aliphatic carbocycles. The number of fused-ring (bicyclic) bond motifs is 5. The van der Waals surface area contributed by atoms with Crippen LogP contribution in [-0.2, 0) is 20.8 Å². The lowest BCUT2D eigenvalue weighted by atomic mass is 9.85. The second-order valence-corrected chi connectivity index (χ2v) is 9.02. The fraction of sp³-hybridized carbons (Fsp3) is 0.320. The fourth-order valence-electron chi connectivity index (χ4n) is 5.37. The van der Waals surface area contributed by atoms with Gasteiger partial charge in [-0.15, -0.1) is 0 Å². The normalized spacial score (nSPS) is 26.4. The monoisotopic (exact) mass is 450 g/mol. The standard InChI is InChI=1S/C25H23ClN2O4/c1-32-20-10-9-17(26)13-18(20)27-23(29)19(11-14-5-3-2-4-6-14)28-24(30)21-15-7-8-16(12-15)22(21)25(28)31/h2-10,13,15-16,19,21-22H,11-12H2,1H3,(H,27,29)/t15-,16+,19-,21-,22+/m1/s1. The van der Waals surface area contributed by atoms with Gasteiger partial charge in [-0.3, -0.25) is 19.3 Å². The molecule has 6 nitrogen and oxygen atoms in total. The van der Waals surface area contributed by atoms with Crippen molar-refractivity contribution in [1.82, 2.24) is 4.90 Å². The molecule has 3 aliphatic rings. The van der Waals surface area contributed by atoms with Gasteiger partial charge in [0.2, 0.25) is 17.7 Å². The molecule has 32 heavy (non-hydrogen) atoms. The molecule has 0 aromatic heterocycles. The number of allylic oxidation sites excluding steroid dienone is 2. The summed E-state index contributed by atoms with van der Waals surface area (Å²) >= 11 is 6.11. The maximum absolute atomic E-state index is 13.5. The molecule has 164 valence electrons. The Morgan fingerprint density at radius 1 is 1.09 bits per heavy atom. The SMILES string of the molecule is COc1ccc(Cl)cc1NC(=O)[C@@H](Cc1ccccc1)N1C(=O)[C@@H]2[C@H](C1=O)[C@@H]1C=C[C@H]2C1. The highest BCUT2D eigenvalue weighted by atomic mass is 35.5. The van der Waals surface area contributed by atoms with Gasteiger partial charge in [-0.05, 0) is 42.0 Å². The smallest absolute Gasteiger partial charge is 0.248 e. The van der Waals surface area contributed by atoms with Crippen LogP contribution < -0.4 is 10.1 Å². The van der Waals surface area contributed by atoms with Crippen molar-refractivity contribution in [2.75, 3.05) is 12.4 Å². The molecule has 1 saturated carbocycles. The Morgan fingerprint density at radius 2 is 1.75 bits per heavy atom. The molecule has 7 heteroatoms. The lowest BCUT2D eigenvalue weighted by Gasteiger charge is -2.27. The van der Waals surface area contributed by atoms with E-state index in [0.29, 0.717) is 16.5 Å². The van der Waals surface area contributed by atoms with Crippen molar-refractivity contribution >= 4 is 35.0 Å². The maximum atomic E-state index is 13.5. The van der Waals surface area contributed by atoms with Crippen molar-refractivity contribution in [3.05, 3.63) is 71.3 Å². The van der Waals surface area contributed by atoms with Crippen LogP contribution in [0.4, 0.5) is 5.69 Å². The molecule has 1 aliphatic heterocycles. The molecular weight excluding hydrogens is 428 g/mol. The number of carbonyl (C=O) groups excluding carboxylic acids is 3. The van der Waals surface area contributed by atoms with Crippen LogP contribution in [0.25, 0.3) is 0 Å². The lowest BCUT2D eigenvalue weighted by molar-refractivity contribution is -0.147. The summed E-state index contributed by atoms with van der Waals surface area (Å²) in [5, 5.41) is 3.27. The Balaban J connectivity index is 1.48. The highest BCUT2D eigenvalue weighted by molar-refractivity contribution is 6.31. The van der Waals surface area contributed by atoms with E-state index in [1.54, 1.807) is 18.2 Å². The molecule has 5 rings (SSSR count). The van der Waals surface area contributed by atoms with Gasteiger partial charge in [0.1, 0.15) is 11.8 Å². The van der Waals surface area contributed by atoms with Crippen LogP contribution in [-0.4, -0.2) is 35.8 Å². The van der Waals surface area contributed by atoms with E-state index in [1.165, 1.54) is 12.0 Å². The van der Waals surface area contributed by atoms with E-state index in [1.807, 2.05) is 42.5 Å². The van der Waals surface area contributed by atoms with Gasteiger partial charge in [-0.25, -0.2) is 0 Å². The van der Waals surface area contributed by atoms with Gasteiger partial charge in [-0.1, -0.05) is 54.1 Å². The highest BCUT2D eigenvalue weighted by Gasteiger charge is 2.61. The largest absolute Gasteiger partial charge is 0.495 e. The topological polar surface area (TPSA) is 75.7 Å². The minimum atomic E-state index is -0.967. The van der Waals surface area contributed by atoms with Crippen molar-refractivity contribution in [2.45, 2.75) is 18.9 Å². The molecular formula is C25H23ClN2O4. The number of methoxy groups -OCH3 is 1. The van der Waals surface area contributed by atoms with Crippen molar-refractivity contribution in [3.8, 4) is 5.75 Å². The molecule has 1 heterocycles. The van der Waals surface area contributed by atoms with E-state index >= 15 is 0 Å². The fourth-order valence-corrected chi connectivity index (χ4v) is 5.54. The van der Waals surface area contributed by atoms with Gasteiger partial charge in [0.25, 0.3) is 0 Å². The molecule has 5 atom stereocenters. The summed E-state index contributed by atoms with van der Waals surface area (Å²) in [6.07, 6.45) is 5.17. The predicted octanol–water partition coefficient (Wildman–Crippen LogP) is 3.71. The van der Waals surface area contributed by atoms with Crippen LogP contribution in [0.3, 0.4) is 0 Å². The summed E-state index contributed by atoms with van der Waals surface area (Å²) in [6.45, 7) is 0. The quantitative estimate of drug-likeness (QED) is 0.537. The number of hydrogen-bond acceptors (Lipinski definition) is 4. The lowest BCUT2D eigenvalue weighted by Crippen LogP contribution is -2.49. The van der Waals surface area contributed by atoms with Crippen molar-refractivity contribution in [1.29, 1.82) is 0 Å². The number of anilines is 1. The number of likely N-dealkylation sites (tertiary alicyclic amines) is 1. The van der Waals surface area contributed by atoms with Gasteiger partial charge in [-0.2, -0.15) is 0 Å². The number of ether oxygens (including phenoxy) is 1. The predicted molar refractivity (Wildman–Crippen MR) is 120 cm³/mol. The van der Waals surface area contributed by atoms with E-state index in [-0.39, 0.29) is 41.9 Å². The number of benzene rings is 2. The minimum Gasteiger partial charge on any atom is -0.495 e. The summed E-state index contributed by atoms with van der Waals surface area (Å²) in [7, 11) is 1.50. The number of halogens is 1. The zero-order valence-corrected chi connectivity index (χ0v) is 18.3. The maximum Gasteiger partial charge on any atom is 0.248 e. The van der Waals surface area contributed by atoms with Crippen LogP contribution in [0.1, 0.15) is 12.0 Å². The van der Waals surface area contributed by atoms with Crippen LogP contribution in [0.2, 0.25) is 5.02 Å². The number of nitrogens with one attached hydrogen (secondary N) is 1. The van der Waals surface area contributed by atoms with Crippen LogP contribution >= 0.6 is 11.6 Å². The molecule has 0 unspecified atom stereocenters. The van der Waals surface area contributed by atoms with Gasteiger partial charge in [0.05, 0.1) is 24.6 Å². The highest BCUT2D eigenvalue weighted by Crippen LogP contribution is 2.53. The van der Waals surface area contributed by atoms with Gasteiger partial charge in [0.15, 0.2) is 0 Å². The Labute approximate surface area is 191 Å². The van der Waals surface area contributed by atoms with Crippen LogP contribution in [0, 0.1) is 23.7 Å². The zero-order valence-electron chi connectivity index (χ0n) is 17.5. The van der Waals surface area contributed by atoms with Gasteiger partial charge in [0, 0.05) is 11.4 Å². The van der Waals surface area contributed by atoms with E-state index in [2.05, 4.69) is 5.32 Å². The first-order valence-electron chi connectivity index (χ1n) is 10.7. The van der Waals surface area contributed by atoms with Crippen molar-refractivity contribution in [3.63, 3.8) is 0 Å². The molecule has 3 amide bonds. The van der Waals surface area contributed by atoms with E-state index < -0.39 is 11.9 Å². The first-order chi connectivity index (χ1) is 15.5. The number of rotatable bonds is 6. The second kappa shape index (κ2) is 8.10. The first-order valence-corrected chi connectivity index (χ1v) is 11.1. The van der Waals surface area contributed by atoms with Gasteiger partial charge < -0.3 is 10.1 Å². The number of carbonyl (C=O) groups is 3. The molecule has 0 spiro atoms. The van der Waals surface area contributed by atoms with Crippen LogP contribution in [0.15, 0.2) is 60.7 Å². The third-order valence-corrected chi connectivity index (χ3v) is 7.05. The van der Waals surface area contributed by atoms with Crippen LogP contribution in [0.5, 0.6) is 5.75 Å². The first kappa shape index (κ1) is 20.8. The van der Waals surface area contributed by atoms with E-state index in [4.69, 9.17) is 16.3 Å². The number of imide groups is 1. The summed E-state index contributed by atoms with van der Waals surface area (Å²) in [6, 6.07) is 13.3. The number of nitrogens with zero attached hydrogens (tertiary/aromatic N) is 1. The molecule has 1 saturated heterocycles. The molecule has 2 aromatic rings. The Morgan fingerprint density at radius 3 is 2.38 bits per heavy atom. The van der Waals surface area contributed by atoms with Crippen molar-refractivity contribution in [2.24, 2.45) is 23.7 Å². The Hall–Kier alpha value is -3.12. The summed E-state index contributed by atoms with van der Waals surface area (Å²) in [5.74, 6) is -1.04. The molecule has 1 N–H and O–H groups in total. The summed E-state index contributed by atoms with van der Waals surface area (Å²) in [4.78, 5) is 41.5. The average Bonchev–Trinajstić information content (AvgIpc) is 3.47. The zero-order chi connectivity index (χ0) is 22.4. The minimum absolute atomic E-state index is 0.0833. The Kier molecular flexibility index (Phi) is 5.25. The number of hydrogen-bond donors (Lipinski definition) is 1. The third kappa shape index (κ3) is 3.39. The molecule has 2 fully saturated rings. The molecule has 2 aromatic carbocycles. The van der Waals surface area contributed by atoms with E-state index in [9.17, 15) is 14.4 Å². The summed E-state index contributed by atoms with van der Waals surface area (Å²) < 4.78 is 5.33. The second-order valence-electron chi connectivity index (χ2n) is 8.59.